The second-order valence-electron chi connectivity index (χ2n) is 7.72. The SMILES string of the molecule is CC[C@]12COCCN1c1nc(C3SN=NC3c3ccc(F)cc3F)ncc1N(C)C2=O. The zero-order valence-corrected chi connectivity index (χ0v) is 17.8. The minimum atomic E-state index is -0.814. The van der Waals surface area contributed by atoms with Crippen molar-refractivity contribution in [3.05, 3.63) is 47.4 Å². The zero-order chi connectivity index (χ0) is 21.8. The number of rotatable bonds is 3. The van der Waals surface area contributed by atoms with Crippen molar-refractivity contribution >= 4 is 29.4 Å². The average Bonchev–Trinajstić information content (AvgIpc) is 3.26. The molecule has 0 bridgehead atoms. The maximum absolute atomic E-state index is 14.4. The first-order valence-corrected chi connectivity index (χ1v) is 10.8. The van der Waals surface area contributed by atoms with E-state index in [2.05, 4.69) is 14.6 Å². The van der Waals surface area contributed by atoms with Gasteiger partial charge in [0.25, 0.3) is 5.91 Å². The molecule has 162 valence electrons. The van der Waals surface area contributed by atoms with Crippen molar-refractivity contribution in [3.63, 3.8) is 0 Å². The Balaban J connectivity index is 1.57. The van der Waals surface area contributed by atoms with E-state index in [9.17, 15) is 13.6 Å². The number of amides is 1. The van der Waals surface area contributed by atoms with Crippen LogP contribution in [0, 0.1) is 11.6 Å². The van der Waals surface area contributed by atoms with Gasteiger partial charge in [0, 0.05) is 37.2 Å². The molecule has 1 saturated heterocycles. The molecule has 3 atom stereocenters. The molecular weight excluding hydrogens is 426 g/mol. The van der Waals surface area contributed by atoms with Gasteiger partial charge in [-0.3, -0.25) is 4.79 Å². The van der Waals surface area contributed by atoms with E-state index in [1.54, 1.807) is 18.1 Å². The number of likely N-dealkylation sites (N-methyl/N-ethyl adjacent to an activating group) is 1. The molecule has 0 saturated carbocycles. The van der Waals surface area contributed by atoms with E-state index in [0.29, 0.717) is 36.9 Å². The number of nitrogens with zero attached hydrogens (tertiary/aromatic N) is 6. The third-order valence-corrected chi connectivity index (χ3v) is 7.03. The molecule has 5 rings (SSSR count). The number of halogens is 2. The first-order valence-electron chi connectivity index (χ1n) is 9.97. The molecule has 1 amide bonds. The molecule has 0 N–H and O–H groups in total. The van der Waals surface area contributed by atoms with Crippen LogP contribution < -0.4 is 9.80 Å². The van der Waals surface area contributed by atoms with Crippen molar-refractivity contribution in [1.29, 1.82) is 0 Å². The Labute approximate surface area is 181 Å². The van der Waals surface area contributed by atoms with Gasteiger partial charge in [0.1, 0.15) is 40.0 Å². The van der Waals surface area contributed by atoms with Crippen molar-refractivity contribution in [1.82, 2.24) is 9.97 Å². The van der Waals surface area contributed by atoms with E-state index in [4.69, 9.17) is 9.72 Å². The fourth-order valence-corrected chi connectivity index (χ4v) is 5.18. The number of hydrogen-bond acceptors (Lipinski definition) is 8. The number of anilines is 2. The number of ether oxygens (including phenoxy) is 1. The molecule has 3 aliphatic rings. The van der Waals surface area contributed by atoms with E-state index in [-0.39, 0.29) is 18.1 Å². The Bertz CT molecular complexity index is 1090. The lowest BCUT2D eigenvalue weighted by Crippen LogP contribution is -2.68. The summed E-state index contributed by atoms with van der Waals surface area (Å²) in [5.74, 6) is -0.311. The molecule has 31 heavy (non-hydrogen) atoms. The highest BCUT2D eigenvalue weighted by atomic mass is 32.2. The lowest BCUT2D eigenvalue weighted by molar-refractivity contribution is -0.128. The van der Waals surface area contributed by atoms with E-state index in [0.717, 1.165) is 18.0 Å². The van der Waals surface area contributed by atoms with Crippen LogP contribution in [0.25, 0.3) is 0 Å². The molecule has 11 heteroatoms. The summed E-state index contributed by atoms with van der Waals surface area (Å²) < 4.78 is 37.5. The maximum atomic E-state index is 14.4. The molecule has 1 aromatic carbocycles. The number of aromatic nitrogens is 2. The number of fused-ring (bicyclic) bond motifs is 3. The first-order chi connectivity index (χ1) is 15.0. The first kappa shape index (κ1) is 20.3. The molecule has 1 aromatic heterocycles. The van der Waals surface area contributed by atoms with E-state index < -0.39 is 28.5 Å². The lowest BCUT2D eigenvalue weighted by atomic mass is 9.89. The van der Waals surface area contributed by atoms with Gasteiger partial charge in [-0.05, 0) is 12.5 Å². The average molecular weight is 446 g/mol. The summed E-state index contributed by atoms with van der Waals surface area (Å²) >= 11 is 1.15. The number of carbonyl (C=O) groups is 1. The lowest BCUT2D eigenvalue weighted by Gasteiger charge is -2.51. The smallest absolute Gasteiger partial charge is 0.255 e. The van der Waals surface area contributed by atoms with Crippen LogP contribution in [-0.4, -0.2) is 48.2 Å². The van der Waals surface area contributed by atoms with Crippen LogP contribution >= 0.6 is 11.9 Å². The van der Waals surface area contributed by atoms with Crippen molar-refractivity contribution in [3.8, 4) is 0 Å². The third kappa shape index (κ3) is 3.01. The van der Waals surface area contributed by atoms with Gasteiger partial charge in [-0.15, -0.1) is 4.52 Å². The highest BCUT2D eigenvalue weighted by molar-refractivity contribution is 7.98. The standard InChI is InChI=1S/C20H20F2N6O2S/c1-3-20-10-30-7-6-28(20)18-14(27(2)19(20)29)9-23-17(24-18)16-15(25-26-31-16)12-5-4-11(21)8-13(12)22/h4-5,8-9,15-16H,3,6-7,10H2,1-2H3/t15?,16?,20-/m1/s1. The van der Waals surface area contributed by atoms with Gasteiger partial charge in [-0.2, -0.15) is 5.11 Å². The molecule has 3 aliphatic heterocycles. The maximum Gasteiger partial charge on any atom is 0.255 e. The third-order valence-electron chi connectivity index (χ3n) is 6.14. The summed E-state index contributed by atoms with van der Waals surface area (Å²) in [6.07, 6.45) is 2.18. The van der Waals surface area contributed by atoms with E-state index in [1.807, 2.05) is 11.8 Å². The molecule has 4 heterocycles. The fourth-order valence-electron chi connectivity index (χ4n) is 4.39. The van der Waals surface area contributed by atoms with Crippen LogP contribution in [0.4, 0.5) is 20.3 Å². The summed E-state index contributed by atoms with van der Waals surface area (Å²) in [4.78, 5) is 26.0. The van der Waals surface area contributed by atoms with Crippen LogP contribution in [0.2, 0.25) is 0 Å². The normalized spacial score (nSPS) is 27.4. The second kappa shape index (κ2) is 7.49. The molecule has 2 aromatic rings. The highest BCUT2D eigenvalue weighted by Gasteiger charge is 2.52. The van der Waals surface area contributed by atoms with Crippen LogP contribution in [0.5, 0.6) is 0 Å². The number of hydrogen-bond donors (Lipinski definition) is 0. The summed E-state index contributed by atoms with van der Waals surface area (Å²) in [6.45, 7) is 3.26. The Morgan fingerprint density at radius 3 is 2.97 bits per heavy atom. The molecule has 0 aliphatic carbocycles. The van der Waals surface area contributed by atoms with Crippen molar-refractivity contribution < 1.29 is 18.3 Å². The molecule has 8 nitrogen and oxygen atoms in total. The van der Waals surface area contributed by atoms with Crippen molar-refractivity contribution in [2.75, 3.05) is 36.6 Å². The minimum Gasteiger partial charge on any atom is -0.377 e. The van der Waals surface area contributed by atoms with Crippen LogP contribution in [0.1, 0.15) is 36.0 Å². The Kier molecular flexibility index (Phi) is 4.89. The van der Waals surface area contributed by atoms with Crippen LogP contribution in [0.15, 0.2) is 34.0 Å². The Morgan fingerprint density at radius 1 is 1.35 bits per heavy atom. The van der Waals surface area contributed by atoms with Gasteiger partial charge in [-0.1, -0.05) is 13.0 Å². The molecule has 0 spiro atoms. The minimum absolute atomic E-state index is 0.0509. The molecule has 2 unspecified atom stereocenters. The zero-order valence-electron chi connectivity index (χ0n) is 17.0. The Morgan fingerprint density at radius 2 is 2.19 bits per heavy atom. The van der Waals surface area contributed by atoms with Crippen LogP contribution in [-0.2, 0) is 9.53 Å². The van der Waals surface area contributed by atoms with E-state index in [1.165, 1.54) is 12.1 Å². The fraction of sp³-hybridized carbons (Fsp3) is 0.450. The quantitative estimate of drug-likeness (QED) is 0.670. The largest absolute Gasteiger partial charge is 0.377 e. The summed E-state index contributed by atoms with van der Waals surface area (Å²) in [6, 6.07) is 2.74. The molecule has 0 radical (unpaired) electrons. The predicted octanol–water partition coefficient (Wildman–Crippen LogP) is 3.61. The van der Waals surface area contributed by atoms with E-state index >= 15 is 0 Å². The van der Waals surface area contributed by atoms with Gasteiger partial charge in [0.05, 0.1) is 19.4 Å². The monoisotopic (exact) mass is 446 g/mol. The molecule has 1 fully saturated rings. The van der Waals surface area contributed by atoms with Gasteiger partial charge < -0.3 is 14.5 Å². The van der Waals surface area contributed by atoms with Crippen molar-refractivity contribution in [2.24, 2.45) is 9.63 Å². The summed E-state index contributed by atoms with van der Waals surface area (Å²) in [7, 11) is 1.71. The second-order valence-corrected chi connectivity index (χ2v) is 8.61. The number of morpholine rings is 1. The predicted molar refractivity (Wildman–Crippen MR) is 111 cm³/mol. The summed E-state index contributed by atoms with van der Waals surface area (Å²) in [5, 5.41) is 3.68. The van der Waals surface area contributed by atoms with Crippen molar-refractivity contribution in [2.45, 2.75) is 30.2 Å². The van der Waals surface area contributed by atoms with Gasteiger partial charge in [0.2, 0.25) is 0 Å². The number of carbonyl (C=O) groups excluding carboxylic acids is 1. The van der Waals surface area contributed by atoms with Gasteiger partial charge >= 0.3 is 0 Å². The van der Waals surface area contributed by atoms with Gasteiger partial charge in [0.15, 0.2) is 5.82 Å². The molecular formula is C20H20F2N6O2S. The number of benzene rings is 1. The summed E-state index contributed by atoms with van der Waals surface area (Å²) in [5.41, 5.74) is 0.0372. The topological polar surface area (TPSA) is 83.3 Å². The Hall–Kier alpha value is -2.66. The van der Waals surface area contributed by atoms with Gasteiger partial charge in [-0.25, -0.2) is 18.7 Å². The van der Waals surface area contributed by atoms with Crippen LogP contribution in [0.3, 0.4) is 0 Å². The highest BCUT2D eigenvalue weighted by Crippen LogP contribution is 2.49.